The average Bonchev–Trinajstić information content (AvgIpc) is 2.99. The van der Waals surface area contributed by atoms with Crippen LogP contribution in [-0.4, -0.2) is 24.5 Å². The van der Waals surface area contributed by atoms with Crippen molar-refractivity contribution in [1.82, 2.24) is 10.1 Å². The number of H-pyrrole nitrogens is 1. The normalized spacial score (nSPS) is 9.70. The number of amides is 1. The summed E-state index contributed by atoms with van der Waals surface area (Å²) in [6, 6.07) is 10.4. The van der Waals surface area contributed by atoms with E-state index in [1.54, 1.807) is 18.2 Å². The van der Waals surface area contributed by atoms with Crippen LogP contribution in [0.1, 0.15) is 10.6 Å². The third-order valence-corrected chi connectivity index (χ3v) is 3.50. The van der Waals surface area contributed by atoms with Crippen LogP contribution < -0.4 is 21.5 Å². The van der Waals surface area contributed by atoms with Crippen molar-refractivity contribution < 1.29 is 46.8 Å². The van der Waals surface area contributed by atoms with Crippen LogP contribution in [0.4, 0.5) is 11.4 Å². The number of carbonyl (C=O) groups is 1. The second-order valence-corrected chi connectivity index (χ2v) is 5.56. The van der Waals surface area contributed by atoms with E-state index >= 15 is 0 Å². The molecular weight excluding hydrogens is 471 g/mol. The predicted octanol–water partition coefficient (Wildman–Crippen LogP) is 2.71. The van der Waals surface area contributed by atoms with Gasteiger partial charge in [0.05, 0.1) is 10.0 Å². The quantitative estimate of drug-likeness (QED) is 0.300. The van der Waals surface area contributed by atoms with Crippen LogP contribution in [0.2, 0.25) is 10.0 Å². The van der Waals surface area contributed by atoms with E-state index in [9.17, 15) is 9.59 Å². The van der Waals surface area contributed by atoms with Crippen molar-refractivity contribution in [3.8, 4) is 11.5 Å². The largest absolute Gasteiger partial charge is 0.514 e. The molecule has 1 aromatic heterocycles. The summed E-state index contributed by atoms with van der Waals surface area (Å²) < 4.78 is 9.86. The van der Waals surface area contributed by atoms with Crippen LogP contribution in [0, 0.1) is 6.07 Å². The van der Waals surface area contributed by atoms with E-state index in [1.807, 2.05) is 0 Å². The molecule has 3 rings (SSSR count). The molecule has 1 heterocycles. The topological polar surface area (TPSA) is 123 Å². The minimum absolute atomic E-state index is 0. The van der Waals surface area contributed by atoms with Crippen molar-refractivity contribution in [3.63, 3.8) is 0 Å². The standard InChI is InChI=1S/C15H9Cl2N4O4.B.Y/c16-10-5-8(19-14(22)13-20-15(23)25-21-13)6-11(17)12(10)24-9-3-1-7(18)2-4-9;;/h1,3-6H,18H2,(H,19,22)(H,20,21,23);;/q-1;;. The first-order chi connectivity index (χ1) is 11.9. The molecule has 27 heavy (non-hydrogen) atoms. The Balaban J connectivity index is 0.00000182. The Morgan fingerprint density at radius 1 is 1.30 bits per heavy atom. The monoisotopic (exact) mass is 479 g/mol. The van der Waals surface area contributed by atoms with Crippen molar-refractivity contribution in [2.75, 3.05) is 11.1 Å². The Hall–Kier alpha value is -1.80. The Morgan fingerprint density at radius 3 is 2.48 bits per heavy atom. The number of hydrogen-bond acceptors (Lipinski definition) is 6. The summed E-state index contributed by atoms with van der Waals surface area (Å²) in [6.45, 7) is 0. The van der Waals surface area contributed by atoms with Gasteiger partial charge in [0.1, 0.15) is 5.75 Å². The molecule has 0 fully saturated rings. The molecule has 0 saturated carbocycles. The van der Waals surface area contributed by atoms with E-state index in [2.05, 4.69) is 26.0 Å². The smallest absolute Gasteiger partial charge is 0.439 e. The van der Waals surface area contributed by atoms with Gasteiger partial charge in [-0.2, -0.15) is 6.07 Å². The molecule has 0 atom stereocenters. The molecule has 2 aromatic carbocycles. The minimum Gasteiger partial charge on any atom is -0.514 e. The summed E-state index contributed by atoms with van der Waals surface area (Å²) in [5.41, 5.74) is 6.30. The van der Waals surface area contributed by atoms with Gasteiger partial charge in [-0.1, -0.05) is 28.9 Å². The average molecular weight is 480 g/mol. The first-order valence-electron chi connectivity index (χ1n) is 6.74. The summed E-state index contributed by atoms with van der Waals surface area (Å²) in [7, 11) is 0. The first-order valence-corrected chi connectivity index (χ1v) is 7.49. The van der Waals surface area contributed by atoms with Crippen molar-refractivity contribution in [1.29, 1.82) is 0 Å². The van der Waals surface area contributed by atoms with E-state index < -0.39 is 11.7 Å². The first kappa shape index (κ1) is 23.2. The number of halogens is 2. The summed E-state index contributed by atoms with van der Waals surface area (Å²) in [5.74, 6) is -1.18. The van der Waals surface area contributed by atoms with E-state index in [0.717, 1.165) is 0 Å². The maximum absolute atomic E-state index is 11.9. The Morgan fingerprint density at radius 2 is 1.96 bits per heavy atom. The number of benzene rings is 2. The van der Waals surface area contributed by atoms with Gasteiger partial charge in [-0.3, -0.25) is 14.3 Å². The third kappa shape index (κ3) is 5.84. The number of nitrogens with zero attached hydrogens (tertiary/aromatic N) is 1. The van der Waals surface area contributed by atoms with Crippen LogP contribution in [0.15, 0.2) is 39.6 Å². The number of nitrogen functional groups attached to an aromatic ring is 1. The van der Waals surface area contributed by atoms with Crippen molar-refractivity contribution in [2.24, 2.45) is 0 Å². The van der Waals surface area contributed by atoms with E-state index in [0.29, 0.717) is 11.4 Å². The number of nitrogens with one attached hydrogen (secondary N) is 2. The fraction of sp³-hybridized carbons (Fsp3) is 0. The maximum atomic E-state index is 11.9. The molecule has 8 nitrogen and oxygen atoms in total. The Kier molecular flexibility index (Phi) is 8.55. The molecule has 0 spiro atoms. The fourth-order valence-electron chi connectivity index (χ4n) is 1.85. The van der Waals surface area contributed by atoms with E-state index in [4.69, 9.17) is 33.7 Å². The van der Waals surface area contributed by atoms with Gasteiger partial charge in [0.25, 0.3) is 5.91 Å². The van der Waals surface area contributed by atoms with E-state index in [-0.39, 0.29) is 68.4 Å². The second kappa shape index (κ2) is 9.94. The van der Waals surface area contributed by atoms with Gasteiger partial charge in [-0.05, 0) is 17.3 Å². The number of hydrogen-bond donors (Lipinski definition) is 3. The number of ether oxygens (including phenoxy) is 1. The SMILES string of the molecule is Nc1[c-]cc(Oc2c(Cl)cc(NC(=O)c3noc(=O)[nH]3)cc2Cl)cc1.[B].[Y]. The second-order valence-electron chi connectivity index (χ2n) is 4.75. The van der Waals surface area contributed by atoms with Crippen molar-refractivity contribution in [2.45, 2.75) is 0 Å². The zero-order valence-corrected chi connectivity index (χ0v) is 17.8. The Bertz CT molecular complexity index is 971. The zero-order valence-electron chi connectivity index (χ0n) is 13.5. The number of carbonyl (C=O) groups excluding carboxylic acids is 1. The molecule has 0 unspecified atom stereocenters. The van der Waals surface area contributed by atoms with Gasteiger partial charge < -0.3 is 15.8 Å². The molecule has 4 N–H and O–H groups in total. The molecule has 0 bridgehead atoms. The van der Waals surface area contributed by atoms with Crippen LogP contribution >= 0.6 is 23.2 Å². The van der Waals surface area contributed by atoms with Gasteiger partial charge in [-0.25, -0.2) is 4.79 Å². The van der Waals surface area contributed by atoms with Crippen LogP contribution in [0.5, 0.6) is 11.5 Å². The summed E-state index contributed by atoms with van der Waals surface area (Å²) in [5, 5.41) is 6.07. The van der Waals surface area contributed by atoms with E-state index in [1.165, 1.54) is 12.1 Å². The molecule has 4 radical (unpaired) electrons. The zero-order chi connectivity index (χ0) is 18.0. The molecule has 0 aliphatic heterocycles. The predicted molar refractivity (Wildman–Crippen MR) is 97.1 cm³/mol. The van der Waals surface area contributed by atoms with Gasteiger partial charge in [0.15, 0.2) is 0 Å². The molecule has 134 valence electrons. The summed E-state index contributed by atoms with van der Waals surface area (Å²) in [6.07, 6.45) is 0. The van der Waals surface area contributed by atoms with Gasteiger partial charge in [0.2, 0.25) is 5.82 Å². The Labute approximate surface area is 190 Å². The van der Waals surface area contributed by atoms with Crippen LogP contribution in [-0.2, 0) is 32.7 Å². The number of aromatic amines is 1. The third-order valence-electron chi connectivity index (χ3n) is 2.94. The van der Waals surface area contributed by atoms with Crippen LogP contribution in [0.25, 0.3) is 0 Å². The van der Waals surface area contributed by atoms with Gasteiger partial charge in [0, 0.05) is 52.6 Å². The summed E-state index contributed by atoms with van der Waals surface area (Å²) in [4.78, 5) is 24.9. The van der Waals surface area contributed by atoms with Crippen LogP contribution in [0.3, 0.4) is 0 Å². The maximum Gasteiger partial charge on any atom is 0.439 e. The molecular formula is C15H9BCl2N4O4Y-. The van der Waals surface area contributed by atoms with Crippen molar-refractivity contribution >= 4 is 48.9 Å². The molecule has 0 saturated heterocycles. The van der Waals surface area contributed by atoms with Gasteiger partial charge in [-0.15, -0.1) is 18.2 Å². The summed E-state index contributed by atoms with van der Waals surface area (Å²) >= 11 is 12.3. The molecule has 1 amide bonds. The minimum atomic E-state index is -0.842. The fourth-order valence-corrected chi connectivity index (χ4v) is 2.42. The molecule has 0 aliphatic carbocycles. The molecule has 3 aromatic rings. The van der Waals surface area contributed by atoms with Gasteiger partial charge >= 0.3 is 5.76 Å². The number of rotatable bonds is 4. The number of aromatic nitrogens is 2. The molecule has 12 heteroatoms. The molecule has 0 aliphatic rings. The number of anilines is 2. The number of nitrogens with two attached hydrogens (primary N) is 1. The van der Waals surface area contributed by atoms with Crippen molar-refractivity contribution in [3.05, 3.63) is 62.8 Å².